The molecule has 0 aliphatic heterocycles. The molecule has 0 saturated heterocycles. The van der Waals surface area contributed by atoms with Crippen LogP contribution in [0.2, 0.25) is 0 Å². The molecule has 0 aliphatic carbocycles. The number of hydrogen-bond donors (Lipinski definition) is 1. The van der Waals surface area contributed by atoms with Crippen molar-refractivity contribution < 1.29 is 18.7 Å². The number of aliphatic hydroxyl groups is 1. The third kappa shape index (κ3) is 3.21. The first kappa shape index (κ1) is 15.4. The second-order valence-electron chi connectivity index (χ2n) is 5.15. The van der Waals surface area contributed by atoms with Crippen molar-refractivity contribution in [3.63, 3.8) is 0 Å². The highest BCUT2D eigenvalue weighted by Gasteiger charge is 2.33. The lowest BCUT2D eigenvalue weighted by Gasteiger charge is -2.22. The molecule has 0 amide bonds. The summed E-state index contributed by atoms with van der Waals surface area (Å²) >= 11 is 0. The van der Waals surface area contributed by atoms with Gasteiger partial charge >= 0.3 is 7.60 Å². The van der Waals surface area contributed by atoms with Crippen molar-refractivity contribution in [2.75, 3.05) is 14.2 Å². The summed E-state index contributed by atoms with van der Waals surface area (Å²) in [7, 11) is -0.972. The van der Waals surface area contributed by atoms with Gasteiger partial charge in [0.05, 0.1) is 0 Å². The Hall–Kier alpha value is -0.670. The van der Waals surface area contributed by atoms with E-state index >= 15 is 0 Å². The number of rotatable bonds is 4. The monoisotopic (exact) mass is 272 g/mol. The third-order valence-corrected chi connectivity index (χ3v) is 4.80. The van der Waals surface area contributed by atoms with Crippen LogP contribution in [0.15, 0.2) is 24.3 Å². The van der Waals surface area contributed by atoms with Crippen LogP contribution in [-0.4, -0.2) is 19.3 Å². The van der Waals surface area contributed by atoms with Crippen molar-refractivity contribution in [2.24, 2.45) is 0 Å². The highest BCUT2D eigenvalue weighted by Crippen LogP contribution is 2.58. The van der Waals surface area contributed by atoms with Crippen molar-refractivity contribution in [2.45, 2.75) is 32.0 Å². The average Bonchev–Trinajstić information content (AvgIpc) is 2.36. The zero-order chi connectivity index (χ0) is 14.0. The van der Waals surface area contributed by atoms with E-state index in [4.69, 9.17) is 9.05 Å². The molecule has 1 atom stereocenters. The summed E-state index contributed by atoms with van der Waals surface area (Å²) in [6.45, 7) is 6.31. The predicted molar refractivity (Wildman–Crippen MR) is 71.7 cm³/mol. The summed E-state index contributed by atoms with van der Waals surface area (Å²) in [5, 5.41) is 10.0. The van der Waals surface area contributed by atoms with Crippen LogP contribution in [-0.2, 0) is 19.0 Å². The molecule has 4 nitrogen and oxygen atoms in total. The molecule has 0 spiro atoms. The Balaban J connectivity index is 3.03. The molecule has 5 heteroatoms. The molecular formula is C13H21O4P. The normalized spacial score (nSPS) is 14.6. The lowest BCUT2D eigenvalue weighted by molar-refractivity contribution is 0.176. The van der Waals surface area contributed by atoms with Crippen LogP contribution in [0.1, 0.15) is 37.7 Å². The quantitative estimate of drug-likeness (QED) is 0.853. The van der Waals surface area contributed by atoms with Gasteiger partial charge in [0, 0.05) is 14.2 Å². The van der Waals surface area contributed by atoms with E-state index in [1.807, 2.05) is 12.1 Å². The van der Waals surface area contributed by atoms with Crippen LogP contribution in [0.4, 0.5) is 0 Å². The smallest absolute Gasteiger partial charge is 0.362 e. The van der Waals surface area contributed by atoms with Gasteiger partial charge in [-0.1, -0.05) is 45.0 Å². The minimum Gasteiger partial charge on any atom is -0.376 e. The van der Waals surface area contributed by atoms with Crippen molar-refractivity contribution >= 4 is 7.60 Å². The van der Waals surface area contributed by atoms with E-state index in [0.717, 1.165) is 5.56 Å². The summed E-state index contributed by atoms with van der Waals surface area (Å²) in [5.41, 5.74) is 1.70. The van der Waals surface area contributed by atoms with Crippen LogP contribution in [0.3, 0.4) is 0 Å². The maximum Gasteiger partial charge on any atom is 0.362 e. The van der Waals surface area contributed by atoms with Crippen molar-refractivity contribution in [1.82, 2.24) is 0 Å². The van der Waals surface area contributed by atoms with Gasteiger partial charge in [-0.05, 0) is 16.5 Å². The number of aliphatic hydroxyl groups excluding tert-OH is 1. The fraction of sp³-hybridized carbons (Fsp3) is 0.538. The fourth-order valence-electron chi connectivity index (χ4n) is 1.61. The topological polar surface area (TPSA) is 55.8 Å². The Morgan fingerprint density at radius 2 is 1.56 bits per heavy atom. The van der Waals surface area contributed by atoms with E-state index in [-0.39, 0.29) is 5.41 Å². The van der Waals surface area contributed by atoms with Crippen molar-refractivity contribution in [1.29, 1.82) is 0 Å². The Kier molecular flexibility index (Phi) is 4.73. The fourth-order valence-corrected chi connectivity index (χ4v) is 2.70. The van der Waals surface area contributed by atoms with Crippen LogP contribution < -0.4 is 0 Å². The van der Waals surface area contributed by atoms with Gasteiger partial charge in [0.2, 0.25) is 0 Å². The summed E-state index contributed by atoms with van der Waals surface area (Å²) < 4.78 is 21.6. The van der Waals surface area contributed by atoms with Gasteiger partial charge in [-0.3, -0.25) is 4.57 Å². The van der Waals surface area contributed by atoms with Gasteiger partial charge in [0.1, 0.15) is 0 Å². The van der Waals surface area contributed by atoms with Gasteiger partial charge in [-0.25, -0.2) is 0 Å². The molecule has 0 bridgehead atoms. The Morgan fingerprint density at radius 3 is 1.89 bits per heavy atom. The van der Waals surface area contributed by atoms with Gasteiger partial charge in [-0.15, -0.1) is 0 Å². The van der Waals surface area contributed by atoms with Crippen LogP contribution in [0, 0.1) is 0 Å². The summed E-state index contributed by atoms with van der Waals surface area (Å²) in [5.74, 6) is -1.26. The molecule has 102 valence electrons. The van der Waals surface area contributed by atoms with Crippen LogP contribution in [0.5, 0.6) is 0 Å². The van der Waals surface area contributed by atoms with E-state index < -0.39 is 13.4 Å². The molecule has 1 N–H and O–H groups in total. The van der Waals surface area contributed by atoms with Crippen molar-refractivity contribution in [3.8, 4) is 0 Å². The molecule has 0 saturated carbocycles. The molecule has 1 aromatic carbocycles. The van der Waals surface area contributed by atoms with E-state index in [1.165, 1.54) is 14.2 Å². The van der Waals surface area contributed by atoms with E-state index in [2.05, 4.69) is 20.8 Å². The average molecular weight is 272 g/mol. The third-order valence-electron chi connectivity index (χ3n) is 2.88. The first-order valence-electron chi connectivity index (χ1n) is 5.74. The highest BCUT2D eigenvalue weighted by atomic mass is 31.2. The Labute approximate surface area is 108 Å². The maximum atomic E-state index is 12.0. The second-order valence-corrected chi connectivity index (χ2v) is 7.45. The minimum atomic E-state index is -3.49. The maximum absolute atomic E-state index is 12.0. The number of benzene rings is 1. The first-order chi connectivity index (χ1) is 8.24. The van der Waals surface area contributed by atoms with Crippen LogP contribution in [0.25, 0.3) is 0 Å². The highest BCUT2D eigenvalue weighted by molar-refractivity contribution is 7.53. The molecule has 0 heterocycles. The molecule has 1 unspecified atom stereocenters. The largest absolute Gasteiger partial charge is 0.376 e. The summed E-state index contributed by atoms with van der Waals surface area (Å²) in [6, 6.07) is 7.31. The molecule has 0 aromatic heterocycles. The predicted octanol–water partition coefficient (Wildman–Crippen LogP) is 3.46. The van der Waals surface area contributed by atoms with Gasteiger partial charge in [-0.2, -0.15) is 0 Å². The van der Waals surface area contributed by atoms with Gasteiger partial charge < -0.3 is 14.2 Å². The minimum absolute atomic E-state index is 0.0374. The molecule has 0 aliphatic rings. The molecule has 1 aromatic rings. The second kappa shape index (κ2) is 5.54. The first-order valence-corrected chi connectivity index (χ1v) is 7.35. The van der Waals surface area contributed by atoms with E-state index in [9.17, 15) is 9.67 Å². The van der Waals surface area contributed by atoms with Gasteiger partial charge in [0.15, 0.2) is 5.85 Å². The van der Waals surface area contributed by atoms with E-state index in [0.29, 0.717) is 5.56 Å². The molecule has 0 radical (unpaired) electrons. The SMILES string of the molecule is COP(=O)(OC)C(O)c1ccc(C(C)(C)C)cc1. The van der Waals surface area contributed by atoms with E-state index in [1.54, 1.807) is 12.1 Å². The van der Waals surface area contributed by atoms with Crippen LogP contribution >= 0.6 is 7.60 Å². The lowest BCUT2D eigenvalue weighted by atomic mass is 9.87. The number of hydrogen-bond acceptors (Lipinski definition) is 4. The summed E-state index contributed by atoms with van der Waals surface area (Å²) in [4.78, 5) is 0. The molecule has 18 heavy (non-hydrogen) atoms. The Bertz CT molecular complexity index is 425. The van der Waals surface area contributed by atoms with Crippen molar-refractivity contribution in [3.05, 3.63) is 35.4 Å². The van der Waals surface area contributed by atoms with Gasteiger partial charge in [0.25, 0.3) is 0 Å². The standard InChI is InChI=1S/C13H21O4P/c1-13(2,3)11-8-6-10(7-9-11)12(14)18(15,16-4)17-5/h6-9,12,14H,1-5H3. The molecule has 0 fully saturated rings. The Morgan fingerprint density at radius 1 is 1.11 bits per heavy atom. The summed E-state index contributed by atoms with van der Waals surface area (Å²) in [6.07, 6.45) is 0. The lowest BCUT2D eigenvalue weighted by Crippen LogP contribution is -2.11. The molecular weight excluding hydrogens is 251 g/mol. The molecule has 1 rings (SSSR count). The zero-order valence-corrected chi connectivity index (χ0v) is 12.4. The zero-order valence-electron chi connectivity index (χ0n) is 11.5.